The van der Waals surface area contributed by atoms with Crippen LogP contribution < -0.4 is 5.32 Å². The van der Waals surface area contributed by atoms with E-state index in [1.807, 2.05) is 6.92 Å². The Morgan fingerprint density at radius 1 is 1.50 bits per heavy atom. The third kappa shape index (κ3) is 4.51. The molecule has 6 nitrogen and oxygen atoms in total. The molecule has 0 spiro atoms. The Morgan fingerprint density at radius 3 is 2.86 bits per heavy atom. The normalized spacial score (nSPS) is 19.6. The van der Waals surface area contributed by atoms with Crippen LogP contribution in [0.3, 0.4) is 0 Å². The van der Waals surface area contributed by atoms with Crippen LogP contribution >= 0.6 is 11.3 Å². The highest BCUT2D eigenvalue weighted by Crippen LogP contribution is 2.24. The van der Waals surface area contributed by atoms with Gasteiger partial charge in [0.2, 0.25) is 5.91 Å². The minimum Gasteiger partial charge on any atom is -0.477 e. The molecule has 1 amide bonds. The van der Waals surface area contributed by atoms with Crippen LogP contribution in [-0.4, -0.2) is 34.7 Å². The molecular formula is C15H22N2O4S. The number of hydrogen-bond acceptors (Lipinski definition) is 5. The van der Waals surface area contributed by atoms with Gasteiger partial charge in [0.15, 0.2) is 0 Å². The lowest BCUT2D eigenvalue weighted by atomic mass is 10.0. The van der Waals surface area contributed by atoms with E-state index in [0.29, 0.717) is 17.1 Å². The molecule has 1 fully saturated rings. The van der Waals surface area contributed by atoms with Gasteiger partial charge in [-0.2, -0.15) is 0 Å². The number of carboxylic acid groups (broad SMARTS) is 1. The fraction of sp³-hybridized carbons (Fsp3) is 0.667. The molecule has 1 saturated heterocycles. The Morgan fingerprint density at radius 2 is 2.27 bits per heavy atom. The van der Waals surface area contributed by atoms with Crippen molar-refractivity contribution >= 4 is 23.2 Å². The Labute approximate surface area is 133 Å². The van der Waals surface area contributed by atoms with Crippen LogP contribution in [0.1, 0.15) is 65.4 Å². The number of aromatic carboxylic acids is 1. The van der Waals surface area contributed by atoms with Crippen molar-refractivity contribution in [2.45, 2.75) is 58.1 Å². The highest BCUT2D eigenvalue weighted by atomic mass is 32.1. The topological polar surface area (TPSA) is 88.5 Å². The SMILES string of the molecule is Cc1nc(C(C)NC(=O)CCC2CCCCO2)sc1C(=O)O. The smallest absolute Gasteiger partial charge is 0.347 e. The Kier molecular flexibility index (Phi) is 5.90. The lowest BCUT2D eigenvalue weighted by Crippen LogP contribution is -2.28. The highest BCUT2D eigenvalue weighted by molar-refractivity contribution is 7.13. The first-order valence-corrected chi connectivity index (χ1v) is 8.40. The van der Waals surface area contributed by atoms with E-state index in [-0.39, 0.29) is 22.9 Å². The number of hydrogen-bond donors (Lipinski definition) is 2. The maximum Gasteiger partial charge on any atom is 0.347 e. The van der Waals surface area contributed by atoms with Gasteiger partial charge in [0, 0.05) is 13.0 Å². The molecule has 1 aliphatic heterocycles. The van der Waals surface area contributed by atoms with Crippen LogP contribution in [0.15, 0.2) is 0 Å². The summed E-state index contributed by atoms with van der Waals surface area (Å²) in [5.74, 6) is -1.03. The van der Waals surface area contributed by atoms with Crippen LogP contribution in [0.25, 0.3) is 0 Å². The molecule has 1 aliphatic rings. The molecule has 122 valence electrons. The summed E-state index contributed by atoms with van der Waals surface area (Å²) in [6.07, 6.45) is 4.64. The summed E-state index contributed by atoms with van der Waals surface area (Å²) < 4.78 is 5.61. The number of ether oxygens (including phenoxy) is 1. The monoisotopic (exact) mass is 326 g/mol. The van der Waals surface area contributed by atoms with Crippen molar-refractivity contribution in [2.75, 3.05) is 6.61 Å². The molecule has 22 heavy (non-hydrogen) atoms. The molecule has 2 N–H and O–H groups in total. The van der Waals surface area contributed by atoms with Gasteiger partial charge in [-0.15, -0.1) is 11.3 Å². The van der Waals surface area contributed by atoms with Crippen molar-refractivity contribution in [3.05, 3.63) is 15.6 Å². The summed E-state index contributed by atoms with van der Waals surface area (Å²) >= 11 is 1.11. The number of amides is 1. The van der Waals surface area contributed by atoms with Crippen molar-refractivity contribution in [3.63, 3.8) is 0 Å². The maximum atomic E-state index is 12.0. The first-order chi connectivity index (χ1) is 10.5. The fourth-order valence-corrected chi connectivity index (χ4v) is 3.41. The van der Waals surface area contributed by atoms with E-state index in [1.54, 1.807) is 6.92 Å². The van der Waals surface area contributed by atoms with E-state index in [9.17, 15) is 9.59 Å². The first-order valence-electron chi connectivity index (χ1n) is 7.59. The quantitative estimate of drug-likeness (QED) is 0.839. The summed E-state index contributed by atoms with van der Waals surface area (Å²) in [6, 6.07) is -0.281. The van der Waals surface area contributed by atoms with Gasteiger partial charge in [0.1, 0.15) is 9.88 Å². The Bertz CT molecular complexity index is 538. The molecule has 2 atom stereocenters. The van der Waals surface area contributed by atoms with Crippen LogP contribution in [0, 0.1) is 6.92 Å². The first kappa shape index (κ1) is 16.9. The number of aryl methyl sites for hydroxylation is 1. The van der Waals surface area contributed by atoms with Gasteiger partial charge in [-0.25, -0.2) is 9.78 Å². The molecule has 1 aromatic rings. The van der Waals surface area contributed by atoms with Gasteiger partial charge in [-0.3, -0.25) is 4.79 Å². The molecular weight excluding hydrogens is 304 g/mol. The molecule has 0 aromatic carbocycles. The van der Waals surface area contributed by atoms with E-state index in [1.165, 1.54) is 6.42 Å². The zero-order chi connectivity index (χ0) is 16.1. The van der Waals surface area contributed by atoms with E-state index in [4.69, 9.17) is 9.84 Å². The molecule has 2 heterocycles. The Balaban J connectivity index is 1.82. The molecule has 0 radical (unpaired) electrons. The predicted octanol–water partition coefficient (Wildman–Crippen LogP) is 2.68. The maximum absolute atomic E-state index is 12.0. The molecule has 1 aromatic heterocycles. The lowest BCUT2D eigenvalue weighted by Gasteiger charge is -2.22. The van der Waals surface area contributed by atoms with Crippen LogP contribution in [-0.2, 0) is 9.53 Å². The van der Waals surface area contributed by atoms with Gasteiger partial charge >= 0.3 is 5.97 Å². The van der Waals surface area contributed by atoms with Crippen LogP contribution in [0.5, 0.6) is 0 Å². The summed E-state index contributed by atoms with van der Waals surface area (Å²) in [5, 5.41) is 12.5. The number of carbonyl (C=O) groups is 2. The van der Waals surface area contributed by atoms with Gasteiger partial charge in [-0.1, -0.05) is 0 Å². The van der Waals surface area contributed by atoms with Crippen LogP contribution in [0.2, 0.25) is 0 Å². The summed E-state index contributed by atoms with van der Waals surface area (Å²) in [6.45, 7) is 4.27. The highest BCUT2D eigenvalue weighted by Gasteiger charge is 2.20. The number of carboxylic acids is 1. The third-order valence-corrected chi connectivity index (χ3v) is 5.05. The molecule has 0 saturated carbocycles. The molecule has 2 unspecified atom stereocenters. The largest absolute Gasteiger partial charge is 0.477 e. The van der Waals surface area contributed by atoms with Gasteiger partial charge < -0.3 is 15.2 Å². The minimum absolute atomic E-state index is 0.0496. The number of thiazole rings is 1. The van der Waals surface area contributed by atoms with Gasteiger partial charge in [0.25, 0.3) is 0 Å². The lowest BCUT2D eigenvalue weighted by molar-refractivity contribution is -0.122. The summed E-state index contributed by atoms with van der Waals surface area (Å²) in [7, 11) is 0. The van der Waals surface area contributed by atoms with E-state index in [2.05, 4.69) is 10.3 Å². The second-order valence-corrected chi connectivity index (χ2v) is 6.62. The number of rotatable bonds is 6. The second-order valence-electron chi connectivity index (χ2n) is 5.59. The van der Waals surface area contributed by atoms with Crippen molar-refractivity contribution in [1.29, 1.82) is 0 Å². The molecule has 7 heteroatoms. The summed E-state index contributed by atoms with van der Waals surface area (Å²) in [5.41, 5.74) is 0.490. The molecule has 0 aliphatic carbocycles. The number of aromatic nitrogens is 1. The average Bonchev–Trinajstić information content (AvgIpc) is 2.88. The van der Waals surface area contributed by atoms with Crippen LogP contribution in [0.4, 0.5) is 0 Å². The van der Waals surface area contributed by atoms with E-state index in [0.717, 1.165) is 37.2 Å². The summed E-state index contributed by atoms with van der Waals surface area (Å²) in [4.78, 5) is 27.5. The standard InChI is InChI=1S/C15H22N2O4S/c1-9-13(15(19)20)22-14(17-9)10(2)16-12(18)7-6-11-5-3-4-8-21-11/h10-11H,3-8H2,1-2H3,(H,16,18)(H,19,20). The number of nitrogens with one attached hydrogen (secondary N) is 1. The average molecular weight is 326 g/mol. The van der Waals surface area contributed by atoms with E-state index < -0.39 is 5.97 Å². The van der Waals surface area contributed by atoms with Crippen molar-refractivity contribution in [3.8, 4) is 0 Å². The van der Waals surface area contributed by atoms with Gasteiger partial charge in [-0.05, 0) is 39.5 Å². The fourth-order valence-electron chi connectivity index (χ4n) is 2.50. The molecule has 0 bridgehead atoms. The number of carbonyl (C=O) groups excluding carboxylic acids is 1. The van der Waals surface area contributed by atoms with Gasteiger partial charge in [0.05, 0.1) is 17.8 Å². The van der Waals surface area contributed by atoms with Crippen molar-refractivity contribution < 1.29 is 19.4 Å². The number of nitrogens with zero attached hydrogens (tertiary/aromatic N) is 1. The van der Waals surface area contributed by atoms with Crippen molar-refractivity contribution in [1.82, 2.24) is 10.3 Å². The third-order valence-electron chi connectivity index (χ3n) is 3.72. The Hall–Kier alpha value is -1.47. The molecule has 2 rings (SSSR count). The van der Waals surface area contributed by atoms with E-state index >= 15 is 0 Å². The minimum atomic E-state index is -0.978. The van der Waals surface area contributed by atoms with Crippen molar-refractivity contribution in [2.24, 2.45) is 0 Å². The predicted molar refractivity (Wildman–Crippen MR) is 83.2 cm³/mol. The zero-order valence-corrected chi connectivity index (χ0v) is 13.7. The zero-order valence-electron chi connectivity index (χ0n) is 12.9. The second kappa shape index (κ2) is 7.69.